The van der Waals surface area contributed by atoms with Gasteiger partial charge in [-0.15, -0.1) is 0 Å². The smallest absolute Gasteiger partial charge is 0.337 e. The SMILES string of the molecule is C.COC(=O)c1ccc([C@H](C)N)cc1.COC(=O)c1ccc([C@H](C)Nc2nc(C)nc(C)c2C)cc1.Cc1nc(C)c(C)c(Cl)n1.S.S. The monoisotopic (exact) mass is 718 g/mol. The molecule has 0 unspecified atom stereocenters. The van der Waals surface area contributed by atoms with Crippen molar-refractivity contribution in [1.82, 2.24) is 19.9 Å². The van der Waals surface area contributed by atoms with Crippen LogP contribution in [0, 0.1) is 41.5 Å². The van der Waals surface area contributed by atoms with Crippen LogP contribution in [-0.2, 0) is 9.47 Å². The van der Waals surface area contributed by atoms with Crippen LogP contribution in [-0.4, -0.2) is 46.1 Å². The molecular weight excluding hydrogens is 668 g/mol. The number of anilines is 1. The third kappa shape index (κ3) is 13.8. The van der Waals surface area contributed by atoms with E-state index < -0.39 is 0 Å². The predicted octanol–water partition coefficient (Wildman–Crippen LogP) is 7.77. The Morgan fingerprint density at radius 3 is 1.48 bits per heavy atom. The third-order valence-corrected chi connectivity index (χ3v) is 7.35. The second-order valence-electron chi connectivity index (χ2n) is 10.5. The molecule has 0 amide bonds. The molecule has 2 aromatic heterocycles. The van der Waals surface area contributed by atoms with Crippen LogP contribution in [0.3, 0.4) is 0 Å². The lowest BCUT2D eigenvalue weighted by Crippen LogP contribution is -2.11. The van der Waals surface area contributed by atoms with Gasteiger partial charge < -0.3 is 20.5 Å². The zero-order valence-electron chi connectivity index (χ0n) is 28.7. The topological polar surface area (TPSA) is 142 Å². The van der Waals surface area contributed by atoms with Crippen LogP contribution in [0.1, 0.15) is 99.4 Å². The molecule has 264 valence electrons. The van der Waals surface area contributed by atoms with E-state index in [1.807, 2.05) is 72.7 Å². The summed E-state index contributed by atoms with van der Waals surface area (Å²) in [7, 11) is 2.74. The fraction of sp³-hybridized carbons (Fsp3) is 0.371. The lowest BCUT2D eigenvalue weighted by atomic mass is 10.1. The van der Waals surface area contributed by atoms with Gasteiger partial charge in [0.15, 0.2) is 0 Å². The van der Waals surface area contributed by atoms with Gasteiger partial charge in [-0.1, -0.05) is 43.3 Å². The third-order valence-electron chi connectivity index (χ3n) is 6.99. The minimum Gasteiger partial charge on any atom is -0.465 e. The van der Waals surface area contributed by atoms with Crippen LogP contribution in [0.4, 0.5) is 5.82 Å². The molecule has 0 aliphatic carbocycles. The van der Waals surface area contributed by atoms with Gasteiger partial charge in [-0.05, 0) is 90.8 Å². The summed E-state index contributed by atoms with van der Waals surface area (Å²) in [6.07, 6.45) is 0. The molecule has 10 nitrogen and oxygen atoms in total. The molecule has 0 aliphatic rings. The van der Waals surface area contributed by atoms with Gasteiger partial charge >= 0.3 is 11.9 Å². The Balaban J connectivity index is 0. The number of esters is 2. The molecule has 13 heteroatoms. The Morgan fingerprint density at radius 1 is 0.688 bits per heavy atom. The molecule has 4 aromatic rings. The maximum Gasteiger partial charge on any atom is 0.337 e. The highest BCUT2D eigenvalue weighted by atomic mass is 35.5. The maximum absolute atomic E-state index is 11.5. The number of aryl methyl sites for hydroxylation is 4. The maximum atomic E-state index is 11.5. The van der Waals surface area contributed by atoms with E-state index >= 15 is 0 Å². The summed E-state index contributed by atoms with van der Waals surface area (Å²) in [5.41, 5.74) is 12.8. The molecule has 0 radical (unpaired) electrons. The van der Waals surface area contributed by atoms with Crippen molar-refractivity contribution in [2.45, 2.75) is 74.9 Å². The van der Waals surface area contributed by atoms with Gasteiger partial charge in [0.2, 0.25) is 0 Å². The van der Waals surface area contributed by atoms with E-state index in [-0.39, 0.29) is 58.4 Å². The summed E-state index contributed by atoms with van der Waals surface area (Å²) in [5.74, 6) is 1.67. The fourth-order valence-electron chi connectivity index (χ4n) is 3.99. The van der Waals surface area contributed by atoms with Gasteiger partial charge in [0, 0.05) is 34.6 Å². The largest absolute Gasteiger partial charge is 0.465 e. The number of benzene rings is 2. The Kier molecular flexibility index (Phi) is 21.3. The van der Waals surface area contributed by atoms with Crippen molar-refractivity contribution >= 4 is 56.3 Å². The normalized spacial score (nSPS) is 10.8. The van der Waals surface area contributed by atoms with E-state index in [9.17, 15) is 9.59 Å². The van der Waals surface area contributed by atoms with Crippen molar-refractivity contribution in [3.8, 4) is 0 Å². The van der Waals surface area contributed by atoms with Crippen LogP contribution in [0.15, 0.2) is 48.5 Å². The van der Waals surface area contributed by atoms with Gasteiger partial charge in [0.05, 0.1) is 25.3 Å². The molecule has 0 bridgehead atoms. The van der Waals surface area contributed by atoms with Crippen LogP contribution in [0.2, 0.25) is 5.15 Å². The molecule has 0 fully saturated rings. The van der Waals surface area contributed by atoms with E-state index in [4.69, 9.17) is 22.1 Å². The minimum atomic E-state index is -0.329. The number of hydrogen-bond donors (Lipinski definition) is 2. The number of rotatable bonds is 6. The molecule has 0 aliphatic heterocycles. The number of nitrogens with two attached hydrogens (primary N) is 1. The predicted molar refractivity (Wildman–Crippen MR) is 205 cm³/mol. The van der Waals surface area contributed by atoms with Gasteiger partial charge in [0.1, 0.15) is 22.6 Å². The molecule has 2 atom stereocenters. The highest BCUT2D eigenvalue weighted by Gasteiger charge is 2.12. The Labute approximate surface area is 304 Å². The quantitative estimate of drug-likeness (QED) is 0.150. The van der Waals surface area contributed by atoms with Crippen molar-refractivity contribution in [2.24, 2.45) is 5.73 Å². The Hall–Kier alpha value is -3.71. The molecule has 4 rings (SSSR count). The van der Waals surface area contributed by atoms with Gasteiger partial charge in [-0.25, -0.2) is 29.5 Å². The number of nitrogens with zero attached hydrogens (tertiary/aromatic N) is 4. The van der Waals surface area contributed by atoms with E-state index in [0.29, 0.717) is 16.3 Å². The average molecular weight is 719 g/mol. The molecule has 2 aromatic carbocycles. The summed E-state index contributed by atoms with van der Waals surface area (Å²) >= 11 is 5.77. The second-order valence-corrected chi connectivity index (χ2v) is 10.8. The van der Waals surface area contributed by atoms with Gasteiger partial charge in [-0.2, -0.15) is 27.0 Å². The van der Waals surface area contributed by atoms with Crippen LogP contribution >= 0.6 is 38.6 Å². The zero-order chi connectivity index (χ0) is 33.8. The van der Waals surface area contributed by atoms with E-state index in [1.54, 1.807) is 24.3 Å². The van der Waals surface area contributed by atoms with Crippen LogP contribution < -0.4 is 11.1 Å². The van der Waals surface area contributed by atoms with Crippen molar-refractivity contribution < 1.29 is 19.1 Å². The van der Waals surface area contributed by atoms with Crippen molar-refractivity contribution in [1.29, 1.82) is 0 Å². The number of carbonyl (C=O) groups excluding carboxylic acids is 2. The van der Waals surface area contributed by atoms with Crippen molar-refractivity contribution in [3.05, 3.63) is 110 Å². The Bertz CT molecular complexity index is 1580. The lowest BCUT2D eigenvalue weighted by Gasteiger charge is -2.18. The van der Waals surface area contributed by atoms with E-state index in [2.05, 4.69) is 36.9 Å². The van der Waals surface area contributed by atoms with Crippen molar-refractivity contribution in [2.75, 3.05) is 19.5 Å². The molecule has 0 saturated heterocycles. The summed E-state index contributed by atoms with van der Waals surface area (Å²) < 4.78 is 9.27. The molecule has 0 spiro atoms. The number of ether oxygens (including phenoxy) is 2. The highest BCUT2D eigenvalue weighted by molar-refractivity contribution is 7.59. The highest BCUT2D eigenvalue weighted by Crippen LogP contribution is 2.22. The first kappa shape index (κ1) is 46.4. The number of nitrogens with one attached hydrogen (secondary N) is 1. The first-order chi connectivity index (χ1) is 21.2. The number of methoxy groups -OCH3 is 2. The van der Waals surface area contributed by atoms with Crippen molar-refractivity contribution in [3.63, 3.8) is 0 Å². The summed E-state index contributed by atoms with van der Waals surface area (Å²) in [6, 6.07) is 14.5. The number of halogens is 1. The number of carbonyl (C=O) groups is 2. The Morgan fingerprint density at radius 2 is 1.08 bits per heavy atom. The summed E-state index contributed by atoms with van der Waals surface area (Å²) in [5, 5.41) is 3.96. The summed E-state index contributed by atoms with van der Waals surface area (Å²) in [4.78, 5) is 39.4. The van der Waals surface area contributed by atoms with E-state index in [0.717, 1.165) is 51.1 Å². The second kappa shape index (κ2) is 22.0. The fourth-order valence-corrected chi connectivity index (χ4v) is 4.25. The molecule has 48 heavy (non-hydrogen) atoms. The van der Waals surface area contributed by atoms with Crippen LogP contribution in [0.5, 0.6) is 0 Å². The number of hydrogen-bond acceptors (Lipinski definition) is 10. The molecule has 0 saturated carbocycles. The minimum absolute atomic E-state index is 0. The summed E-state index contributed by atoms with van der Waals surface area (Å²) in [6.45, 7) is 15.5. The number of aromatic nitrogens is 4. The first-order valence-corrected chi connectivity index (χ1v) is 14.7. The van der Waals surface area contributed by atoms with Gasteiger partial charge in [-0.3, -0.25) is 0 Å². The average Bonchev–Trinajstić information content (AvgIpc) is 3.02. The van der Waals surface area contributed by atoms with E-state index in [1.165, 1.54) is 14.2 Å². The standard InChI is InChI=1S/C17H21N3O2.C10H13NO2.C7H9ClN2.CH4.2H2S/c1-10-11(2)18-13(4)20-16(10)19-12(3)14-6-8-15(9-7-14)17(21)22-5;1-7(11)8-3-5-9(6-4-8)10(12)13-2;1-4-5(2)9-6(3)10-7(4)8;;;/h6-9,12H,1-5H3,(H,18,19,20);3-7H,11H2,1-2H3;1-3H3;1H4;2*1H2/t12-;7-;;;;/m00..../s1. The molecular formula is C35H51ClN6O4S2. The molecule has 2 heterocycles. The molecule has 3 N–H and O–H groups in total. The zero-order valence-corrected chi connectivity index (χ0v) is 31.4. The van der Waals surface area contributed by atoms with Gasteiger partial charge in [0.25, 0.3) is 0 Å². The first-order valence-electron chi connectivity index (χ1n) is 14.4. The van der Waals surface area contributed by atoms with Crippen LogP contribution in [0.25, 0.3) is 0 Å². The lowest BCUT2D eigenvalue weighted by molar-refractivity contribution is 0.0592.